The molecular weight excluding hydrogens is 336 g/mol. The molecule has 5 nitrogen and oxygen atoms in total. The second-order valence-electron chi connectivity index (χ2n) is 10.3. The van der Waals surface area contributed by atoms with Gasteiger partial charge in [0.15, 0.2) is 0 Å². The molecule has 5 aliphatic rings. The van der Waals surface area contributed by atoms with E-state index >= 15 is 0 Å². The van der Waals surface area contributed by atoms with E-state index in [9.17, 15) is 13.2 Å². The van der Waals surface area contributed by atoms with E-state index < -0.39 is 10.0 Å². The standard InChI is InChI=1S/C19H32N2O3S/c1-17-8-15-9-18(2,12-17)14-19(10-15,13-17)11-16(22)20-4-6-21(7-5-20)25(3,23)24/h15H,4-14H2,1-3H3/t15?,17-,18-,19?/m1/s1. The van der Waals surface area contributed by atoms with Gasteiger partial charge in [0.2, 0.25) is 15.9 Å². The molecule has 0 N–H and O–H groups in total. The lowest BCUT2D eigenvalue weighted by molar-refractivity contribution is -0.161. The molecule has 0 aromatic rings. The molecule has 1 saturated heterocycles. The van der Waals surface area contributed by atoms with Gasteiger partial charge in [-0.2, -0.15) is 4.31 Å². The molecule has 0 spiro atoms. The van der Waals surface area contributed by atoms with Crippen LogP contribution in [0.15, 0.2) is 0 Å². The average Bonchev–Trinajstić information content (AvgIpc) is 2.42. The van der Waals surface area contributed by atoms with Crippen molar-refractivity contribution in [3.8, 4) is 0 Å². The van der Waals surface area contributed by atoms with Crippen molar-refractivity contribution in [1.29, 1.82) is 0 Å². The van der Waals surface area contributed by atoms with Crippen molar-refractivity contribution in [2.75, 3.05) is 32.4 Å². The van der Waals surface area contributed by atoms with E-state index in [1.807, 2.05) is 4.90 Å². The predicted molar refractivity (Wildman–Crippen MR) is 97.5 cm³/mol. The van der Waals surface area contributed by atoms with Crippen molar-refractivity contribution in [2.45, 2.75) is 58.8 Å². The fourth-order valence-electron chi connectivity index (χ4n) is 7.58. The first kappa shape index (κ1) is 17.8. The minimum atomic E-state index is -3.14. The van der Waals surface area contributed by atoms with Crippen molar-refractivity contribution >= 4 is 15.9 Å². The van der Waals surface area contributed by atoms with Gasteiger partial charge in [-0.05, 0) is 60.7 Å². The van der Waals surface area contributed by atoms with Crippen molar-refractivity contribution in [2.24, 2.45) is 22.2 Å². The lowest BCUT2D eigenvalue weighted by Gasteiger charge is -2.65. The fraction of sp³-hybridized carbons (Fsp3) is 0.947. The number of rotatable bonds is 3. The van der Waals surface area contributed by atoms with Crippen molar-refractivity contribution in [1.82, 2.24) is 9.21 Å². The molecule has 1 heterocycles. The van der Waals surface area contributed by atoms with Gasteiger partial charge >= 0.3 is 0 Å². The summed E-state index contributed by atoms with van der Waals surface area (Å²) in [4.78, 5) is 14.9. The van der Waals surface area contributed by atoms with E-state index in [2.05, 4.69) is 13.8 Å². The summed E-state index contributed by atoms with van der Waals surface area (Å²) in [5.41, 5.74) is 1.07. The van der Waals surface area contributed by atoms with Gasteiger partial charge in [0.25, 0.3) is 0 Å². The molecule has 142 valence electrons. The second-order valence-corrected chi connectivity index (χ2v) is 12.3. The highest BCUT2D eigenvalue weighted by Gasteiger charge is 2.60. The Morgan fingerprint density at radius 3 is 2.00 bits per heavy atom. The van der Waals surface area contributed by atoms with E-state index in [0.29, 0.717) is 43.4 Å². The molecule has 4 saturated carbocycles. The molecule has 0 radical (unpaired) electrons. The van der Waals surface area contributed by atoms with E-state index in [-0.39, 0.29) is 11.3 Å². The van der Waals surface area contributed by atoms with Crippen LogP contribution in [0.1, 0.15) is 58.8 Å². The smallest absolute Gasteiger partial charge is 0.223 e. The van der Waals surface area contributed by atoms with E-state index in [1.54, 1.807) is 0 Å². The van der Waals surface area contributed by atoms with Gasteiger partial charge in [-0.25, -0.2) is 8.42 Å². The van der Waals surface area contributed by atoms with Gasteiger partial charge in [0, 0.05) is 32.6 Å². The Morgan fingerprint density at radius 1 is 0.960 bits per heavy atom. The first-order valence-corrected chi connectivity index (χ1v) is 11.6. The van der Waals surface area contributed by atoms with Crippen LogP contribution in [0.5, 0.6) is 0 Å². The monoisotopic (exact) mass is 368 g/mol. The highest BCUT2D eigenvalue weighted by molar-refractivity contribution is 7.88. The molecule has 4 bridgehead atoms. The highest BCUT2D eigenvalue weighted by Crippen LogP contribution is 2.70. The van der Waals surface area contributed by atoms with Crippen LogP contribution >= 0.6 is 0 Å². The third kappa shape index (κ3) is 3.25. The van der Waals surface area contributed by atoms with Crippen LogP contribution < -0.4 is 0 Å². The summed E-state index contributed by atoms with van der Waals surface area (Å²) < 4.78 is 24.8. The number of sulfonamides is 1. The molecular formula is C19H32N2O3S. The zero-order chi connectivity index (χ0) is 18.1. The predicted octanol–water partition coefficient (Wildman–Crippen LogP) is 2.48. The highest BCUT2D eigenvalue weighted by atomic mass is 32.2. The van der Waals surface area contributed by atoms with Gasteiger partial charge in [0.05, 0.1) is 6.26 Å². The number of hydrogen-bond acceptors (Lipinski definition) is 3. The topological polar surface area (TPSA) is 57.7 Å². The lowest BCUT2D eigenvalue weighted by Crippen LogP contribution is -2.57. The quantitative estimate of drug-likeness (QED) is 0.769. The van der Waals surface area contributed by atoms with Gasteiger partial charge in [-0.1, -0.05) is 13.8 Å². The van der Waals surface area contributed by atoms with Gasteiger partial charge in [0.1, 0.15) is 0 Å². The van der Waals surface area contributed by atoms with E-state index in [1.165, 1.54) is 49.1 Å². The maximum atomic E-state index is 13.0. The number of carbonyl (C=O) groups is 1. The third-order valence-corrected chi connectivity index (χ3v) is 8.63. The summed E-state index contributed by atoms with van der Waals surface area (Å²) in [5.74, 6) is 1.06. The minimum Gasteiger partial charge on any atom is -0.340 e. The van der Waals surface area contributed by atoms with Crippen molar-refractivity contribution in [3.05, 3.63) is 0 Å². The average molecular weight is 369 g/mol. The lowest BCUT2D eigenvalue weighted by atomic mass is 9.40. The van der Waals surface area contributed by atoms with Crippen LogP contribution in [-0.4, -0.2) is 56.0 Å². The summed E-state index contributed by atoms with van der Waals surface area (Å²) in [7, 11) is -3.14. The fourth-order valence-corrected chi connectivity index (χ4v) is 8.41. The van der Waals surface area contributed by atoms with E-state index in [0.717, 1.165) is 5.92 Å². The number of amides is 1. The van der Waals surface area contributed by atoms with Crippen LogP contribution in [0.4, 0.5) is 0 Å². The third-order valence-electron chi connectivity index (χ3n) is 7.33. The number of piperazine rings is 1. The molecule has 5 rings (SSSR count). The summed E-state index contributed by atoms with van der Waals surface area (Å²) in [6.07, 6.45) is 9.61. The Morgan fingerprint density at radius 2 is 1.52 bits per heavy atom. The van der Waals surface area contributed by atoms with Gasteiger partial charge in [-0.15, -0.1) is 0 Å². The summed E-state index contributed by atoms with van der Waals surface area (Å²) in [6.45, 7) is 6.85. The summed E-state index contributed by atoms with van der Waals surface area (Å²) in [6, 6.07) is 0. The van der Waals surface area contributed by atoms with Gasteiger partial charge < -0.3 is 4.90 Å². The second kappa shape index (κ2) is 5.44. The van der Waals surface area contributed by atoms with Crippen LogP contribution in [0.3, 0.4) is 0 Å². The molecule has 2 atom stereocenters. The molecule has 1 amide bonds. The van der Waals surface area contributed by atoms with Crippen LogP contribution in [-0.2, 0) is 14.8 Å². The Labute approximate surface area is 152 Å². The zero-order valence-electron chi connectivity index (χ0n) is 15.9. The van der Waals surface area contributed by atoms with Crippen LogP contribution in [0.2, 0.25) is 0 Å². The SMILES string of the molecule is C[C@]12CC3CC(CC(=O)N4CCN(S(C)(=O)=O)CC4)(C1)C[C@](C)(C3)C2. The largest absolute Gasteiger partial charge is 0.340 e. The molecule has 1 aliphatic heterocycles. The van der Waals surface area contributed by atoms with Crippen molar-refractivity contribution in [3.63, 3.8) is 0 Å². The normalized spacial score (nSPS) is 44.3. The molecule has 0 aromatic heterocycles. The molecule has 4 aliphatic carbocycles. The zero-order valence-corrected chi connectivity index (χ0v) is 16.7. The maximum absolute atomic E-state index is 13.0. The molecule has 0 aromatic carbocycles. The van der Waals surface area contributed by atoms with Gasteiger partial charge in [-0.3, -0.25) is 4.79 Å². The van der Waals surface area contributed by atoms with Crippen LogP contribution in [0.25, 0.3) is 0 Å². The molecule has 5 fully saturated rings. The molecule has 0 unspecified atom stereocenters. The number of hydrogen-bond donors (Lipinski definition) is 0. The molecule has 6 heteroatoms. The van der Waals surface area contributed by atoms with Crippen LogP contribution in [0, 0.1) is 22.2 Å². The Bertz CT molecular complexity index is 663. The number of carbonyl (C=O) groups excluding carboxylic acids is 1. The van der Waals surface area contributed by atoms with E-state index in [4.69, 9.17) is 0 Å². The summed E-state index contributed by atoms with van der Waals surface area (Å²) >= 11 is 0. The van der Waals surface area contributed by atoms with Crippen molar-refractivity contribution < 1.29 is 13.2 Å². The minimum absolute atomic E-state index is 0.202. The summed E-state index contributed by atoms with van der Waals surface area (Å²) in [5, 5.41) is 0. The Kier molecular flexibility index (Phi) is 3.87. The molecule has 25 heavy (non-hydrogen) atoms. The Balaban J connectivity index is 1.43. The number of nitrogens with zero attached hydrogens (tertiary/aromatic N) is 2. The first-order chi connectivity index (χ1) is 11.5. The first-order valence-electron chi connectivity index (χ1n) is 9.73. The maximum Gasteiger partial charge on any atom is 0.223 e. The Hall–Kier alpha value is -0.620.